The molecule has 0 radical (unpaired) electrons. The van der Waals surface area contributed by atoms with Crippen molar-refractivity contribution in [2.45, 2.75) is 19.9 Å². The fraction of sp³-hybridized carbons (Fsp3) is 0.500. The second kappa shape index (κ2) is 5.67. The van der Waals surface area contributed by atoms with Gasteiger partial charge in [0.2, 0.25) is 0 Å². The van der Waals surface area contributed by atoms with Gasteiger partial charge >= 0.3 is 5.82 Å². The summed E-state index contributed by atoms with van der Waals surface area (Å²) in [4.78, 5) is 24.0. The van der Waals surface area contributed by atoms with Gasteiger partial charge in [-0.25, -0.2) is 4.98 Å². The van der Waals surface area contributed by atoms with Crippen LogP contribution in [-0.4, -0.2) is 27.7 Å². The molecule has 0 fully saturated rings. The van der Waals surface area contributed by atoms with E-state index in [-0.39, 0.29) is 29.4 Å². The van der Waals surface area contributed by atoms with Crippen LogP contribution in [0, 0.1) is 16.0 Å². The molecule has 2 N–H and O–H groups in total. The molecule has 0 spiro atoms. The van der Waals surface area contributed by atoms with Gasteiger partial charge in [0.25, 0.3) is 5.91 Å². The minimum Gasteiger partial charge on any atom is -0.358 e. The first-order chi connectivity index (χ1) is 7.95. The van der Waals surface area contributed by atoms with Crippen LogP contribution in [-0.2, 0) is 0 Å². The number of nitrogens with one attached hydrogen (secondary N) is 2. The van der Waals surface area contributed by atoms with Gasteiger partial charge in [0.15, 0.2) is 5.69 Å². The maximum atomic E-state index is 11.7. The molecule has 1 amide bonds. The highest BCUT2D eigenvalue weighted by molar-refractivity contribution is 6.18. The predicted octanol–water partition coefficient (Wildman–Crippen LogP) is 1.92. The third-order valence-corrected chi connectivity index (χ3v) is 3.05. The molecule has 2 atom stereocenters. The van der Waals surface area contributed by atoms with Gasteiger partial charge in [0.1, 0.15) is 0 Å². The summed E-state index contributed by atoms with van der Waals surface area (Å²) in [5, 5.41) is 13.2. The standard InChI is InChI=1S/C10H14ClN3O3/c1-6(5-11)7(2)12-10(15)8-3-4-9(13-8)14(16)17/h3-4,6-7,13H,5H2,1-2H3,(H,12,15). The quantitative estimate of drug-likeness (QED) is 0.481. The Labute approximate surface area is 103 Å². The lowest BCUT2D eigenvalue weighted by molar-refractivity contribution is -0.389. The van der Waals surface area contributed by atoms with Crippen LogP contribution in [0.25, 0.3) is 0 Å². The van der Waals surface area contributed by atoms with Gasteiger partial charge in [-0.3, -0.25) is 4.79 Å². The number of halogens is 1. The SMILES string of the molecule is CC(CCl)C(C)NC(=O)c1ccc([N+](=O)[O-])[nH]1. The Kier molecular flexibility index (Phi) is 4.51. The van der Waals surface area contributed by atoms with Crippen molar-refractivity contribution in [3.63, 3.8) is 0 Å². The highest BCUT2D eigenvalue weighted by Crippen LogP contribution is 2.11. The number of aromatic nitrogens is 1. The molecule has 17 heavy (non-hydrogen) atoms. The monoisotopic (exact) mass is 259 g/mol. The summed E-state index contributed by atoms with van der Waals surface area (Å²) in [5.74, 6) is -0.00639. The van der Waals surface area contributed by atoms with Gasteiger partial charge in [-0.1, -0.05) is 6.92 Å². The lowest BCUT2D eigenvalue weighted by Gasteiger charge is -2.17. The molecule has 0 saturated carbocycles. The fourth-order valence-electron chi connectivity index (χ4n) is 1.18. The van der Waals surface area contributed by atoms with Crippen molar-refractivity contribution in [1.82, 2.24) is 10.3 Å². The lowest BCUT2D eigenvalue weighted by atomic mass is 10.1. The van der Waals surface area contributed by atoms with Crippen LogP contribution in [0.2, 0.25) is 0 Å². The van der Waals surface area contributed by atoms with Crippen LogP contribution in [0.15, 0.2) is 12.1 Å². The molecule has 0 aliphatic heterocycles. The lowest BCUT2D eigenvalue weighted by Crippen LogP contribution is -2.37. The summed E-state index contributed by atoms with van der Waals surface area (Å²) in [6, 6.07) is 2.54. The van der Waals surface area contributed by atoms with Crippen LogP contribution < -0.4 is 5.32 Å². The Morgan fingerprint density at radius 3 is 2.71 bits per heavy atom. The zero-order valence-electron chi connectivity index (χ0n) is 9.57. The molecule has 0 aromatic carbocycles. The van der Waals surface area contributed by atoms with Crippen molar-refractivity contribution in [3.05, 3.63) is 27.9 Å². The van der Waals surface area contributed by atoms with Crippen LogP contribution in [0.4, 0.5) is 5.82 Å². The molecule has 1 aromatic heterocycles. The molecule has 1 rings (SSSR count). The van der Waals surface area contributed by atoms with E-state index in [1.807, 2.05) is 13.8 Å². The Morgan fingerprint density at radius 2 is 2.24 bits per heavy atom. The number of alkyl halides is 1. The maximum absolute atomic E-state index is 11.7. The zero-order chi connectivity index (χ0) is 13.0. The number of rotatable bonds is 5. The van der Waals surface area contributed by atoms with Crippen molar-refractivity contribution >= 4 is 23.3 Å². The highest BCUT2D eigenvalue weighted by atomic mass is 35.5. The first kappa shape index (κ1) is 13.5. The summed E-state index contributed by atoms with van der Waals surface area (Å²) >= 11 is 5.67. The Hall–Kier alpha value is -1.56. The van der Waals surface area contributed by atoms with Crippen molar-refractivity contribution in [1.29, 1.82) is 0 Å². The number of carbonyl (C=O) groups is 1. The topological polar surface area (TPSA) is 88.0 Å². The van der Waals surface area contributed by atoms with E-state index < -0.39 is 4.92 Å². The number of hydrogen-bond donors (Lipinski definition) is 2. The van der Waals surface area contributed by atoms with E-state index in [0.29, 0.717) is 5.88 Å². The second-order valence-electron chi connectivity index (χ2n) is 3.91. The van der Waals surface area contributed by atoms with Crippen molar-refractivity contribution in [2.75, 3.05) is 5.88 Å². The number of H-pyrrole nitrogens is 1. The van der Waals surface area contributed by atoms with E-state index >= 15 is 0 Å². The average Bonchev–Trinajstić information content (AvgIpc) is 2.77. The predicted molar refractivity (Wildman–Crippen MR) is 64.3 cm³/mol. The van der Waals surface area contributed by atoms with E-state index in [4.69, 9.17) is 11.6 Å². The number of nitro groups is 1. The molecule has 2 unspecified atom stereocenters. The van der Waals surface area contributed by atoms with Crippen molar-refractivity contribution in [3.8, 4) is 0 Å². The summed E-state index contributed by atoms with van der Waals surface area (Å²) in [5.41, 5.74) is 0.172. The molecule has 0 bridgehead atoms. The minimum absolute atomic E-state index is 0.0950. The highest BCUT2D eigenvalue weighted by Gasteiger charge is 2.19. The number of amides is 1. The molecule has 0 aliphatic carbocycles. The summed E-state index contributed by atoms with van der Waals surface area (Å²) in [6.45, 7) is 3.75. The first-order valence-corrected chi connectivity index (χ1v) is 5.69. The summed E-state index contributed by atoms with van der Waals surface area (Å²) in [6.07, 6.45) is 0. The largest absolute Gasteiger partial charge is 0.358 e. The molecule has 7 heteroatoms. The Balaban J connectivity index is 2.66. The molecular formula is C10H14ClN3O3. The van der Waals surface area contributed by atoms with Crippen LogP contribution in [0.3, 0.4) is 0 Å². The van der Waals surface area contributed by atoms with Gasteiger partial charge in [-0.15, -0.1) is 11.6 Å². The molecular weight excluding hydrogens is 246 g/mol. The summed E-state index contributed by atoms with van der Waals surface area (Å²) in [7, 11) is 0. The number of hydrogen-bond acceptors (Lipinski definition) is 3. The van der Waals surface area contributed by atoms with Gasteiger partial charge in [-0.2, -0.15) is 0 Å². The van der Waals surface area contributed by atoms with Gasteiger partial charge in [0.05, 0.1) is 0 Å². The van der Waals surface area contributed by atoms with Crippen molar-refractivity contribution in [2.24, 2.45) is 5.92 Å². The van der Waals surface area contributed by atoms with E-state index in [0.717, 1.165) is 0 Å². The van der Waals surface area contributed by atoms with E-state index in [1.54, 1.807) is 0 Å². The zero-order valence-corrected chi connectivity index (χ0v) is 10.3. The van der Waals surface area contributed by atoms with Crippen molar-refractivity contribution < 1.29 is 9.72 Å². The third kappa shape index (κ3) is 3.45. The van der Waals surface area contributed by atoms with Gasteiger partial charge in [0, 0.05) is 18.0 Å². The first-order valence-electron chi connectivity index (χ1n) is 5.16. The third-order valence-electron chi connectivity index (χ3n) is 2.57. The number of carbonyl (C=O) groups excluding carboxylic acids is 1. The second-order valence-corrected chi connectivity index (χ2v) is 4.22. The van der Waals surface area contributed by atoms with E-state index in [1.165, 1.54) is 12.1 Å². The van der Waals surface area contributed by atoms with E-state index in [2.05, 4.69) is 10.3 Å². The van der Waals surface area contributed by atoms with Crippen LogP contribution in [0.5, 0.6) is 0 Å². The molecule has 1 aromatic rings. The minimum atomic E-state index is -0.582. The van der Waals surface area contributed by atoms with Gasteiger partial charge in [-0.05, 0) is 23.8 Å². The molecule has 0 saturated heterocycles. The average molecular weight is 260 g/mol. The van der Waals surface area contributed by atoms with Crippen LogP contribution >= 0.6 is 11.6 Å². The number of nitrogens with zero attached hydrogens (tertiary/aromatic N) is 1. The summed E-state index contributed by atoms with van der Waals surface area (Å²) < 4.78 is 0. The Morgan fingerprint density at radius 1 is 1.59 bits per heavy atom. The number of aromatic amines is 1. The molecule has 1 heterocycles. The Bertz CT molecular complexity index is 419. The van der Waals surface area contributed by atoms with Gasteiger partial charge < -0.3 is 15.4 Å². The fourth-order valence-corrected chi connectivity index (χ4v) is 1.45. The smallest absolute Gasteiger partial charge is 0.321 e. The molecule has 94 valence electrons. The molecule has 0 aliphatic rings. The molecule has 6 nitrogen and oxygen atoms in total. The normalized spacial score (nSPS) is 14.1. The van der Waals surface area contributed by atoms with Crippen LogP contribution in [0.1, 0.15) is 24.3 Å². The maximum Gasteiger partial charge on any atom is 0.321 e. The van der Waals surface area contributed by atoms with E-state index in [9.17, 15) is 14.9 Å².